The van der Waals surface area contributed by atoms with Crippen LogP contribution in [0.2, 0.25) is 0 Å². The Labute approximate surface area is 156 Å². The van der Waals surface area contributed by atoms with Gasteiger partial charge in [-0.3, -0.25) is 4.79 Å². The molecule has 1 spiro atoms. The molecule has 4 rings (SSSR count). The molecule has 1 saturated heterocycles. The number of thiophene rings is 1. The van der Waals surface area contributed by atoms with Crippen molar-refractivity contribution in [3.63, 3.8) is 0 Å². The number of hydrogen-bond acceptors (Lipinski definition) is 7. The predicted molar refractivity (Wildman–Crippen MR) is 101 cm³/mol. The highest BCUT2D eigenvalue weighted by Crippen LogP contribution is 2.37. The number of amides is 1. The number of morpholine rings is 1. The SMILES string of the molecule is COCC(=O)N[C@H]1CCCC[C@@]12CN(c1ncnc3sccc13)CCO2. The molecule has 3 heterocycles. The van der Waals surface area contributed by atoms with Crippen LogP contribution in [0.4, 0.5) is 5.82 Å². The molecule has 1 aliphatic heterocycles. The van der Waals surface area contributed by atoms with Crippen LogP contribution < -0.4 is 10.2 Å². The van der Waals surface area contributed by atoms with Gasteiger partial charge in [0.05, 0.1) is 24.6 Å². The van der Waals surface area contributed by atoms with Crippen molar-refractivity contribution in [2.75, 3.05) is 38.3 Å². The van der Waals surface area contributed by atoms with E-state index in [2.05, 4.69) is 26.3 Å². The molecule has 2 atom stereocenters. The summed E-state index contributed by atoms with van der Waals surface area (Å²) in [5, 5.41) is 6.28. The van der Waals surface area contributed by atoms with Gasteiger partial charge in [-0.15, -0.1) is 11.3 Å². The number of aromatic nitrogens is 2. The molecule has 0 radical (unpaired) electrons. The van der Waals surface area contributed by atoms with Gasteiger partial charge in [-0.2, -0.15) is 0 Å². The van der Waals surface area contributed by atoms with Gasteiger partial charge in [-0.25, -0.2) is 9.97 Å². The fourth-order valence-electron chi connectivity index (χ4n) is 4.16. The maximum atomic E-state index is 12.1. The zero-order chi connectivity index (χ0) is 18.0. The van der Waals surface area contributed by atoms with E-state index < -0.39 is 0 Å². The van der Waals surface area contributed by atoms with Gasteiger partial charge in [0.25, 0.3) is 0 Å². The Hall–Kier alpha value is -1.77. The van der Waals surface area contributed by atoms with Gasteiger partial charge in [0, 0.05) is 13.7 Å². The van der Waals surface area contributed by atoms with E-state index >= 15 is 0 Å². The van der Waals surface area contributed by atoms with E-state index in [1.807, 2.05) is 5.38 Å². The van der Waals surface area contributed by atoms with E-state index in [0.29, 0.717) is 6.61 Å². The van der Waals surface area contributed by atoms with Crippen LogP contribution in [0.5, 0.6) is 0 Å². The Morgan fingerprint density at radius 1 is 1.50 bits per heavy atom. The molecule has 2 aromatic heterocycles. The molecule has 2 fully saturated rings. The topological polar surface area (TPSA) is 76.6 Å². The molecule has 0 unspecified atom stereocenters. The van der Waals surface area contributed by atoms with Crippen LogP contribution in [0.3, 0.4) is 0 Å². The van der Waals surface area contributed by atoms with E-state index in [9.17, 15) is 4.79 Å². The van der Waals surface area contributed by atoms with Gasteiger partial charge in [-0.1, -0.05) is 12.8 Å². The number of methoxy groups -OCH3 is 1. The number of fused-ring (bicyclic) bond motifs is 1. The molecular formula is C18H24N4O3S. The molecule has 1 aliphatic carbocycles. The van der Waals surface area contributed by atoms with Crippen molar-refractivity contribution in [2.24, 2.45) is 0 Å². The Bertz CT molecular complexity index is 779. The van der Waals surface area contributed by atoms with E-state index in [1.165, 1.54) is 7.11 Å². The first-order valence-corrected chi connectivity index (χ1v) is 9.95. The summed E-state index contributed by atoms with van der Waals surface area (Å²) in [5.41, 5.74) is -0.368. The van der Waals surface area contributed by atoms with Crippen LogP contribution >= 0.6 is 11.3 Å². The van der Waals surface area contributed by atoms with Crippen LogP contribution in [0.1, 0.15) is 25.7 Å². The predicted octanol–water partition coefficient (Wildman–Crippen LogP) is 1.97. The highest BCUT2D eigenvalue weighted by Gasteiger charge is 2.46. The average Bonchev–Trinajstić information content (AvgIpc) is 3.13. The van der Waals surface area contributed by atoms with Gasteiger partial charge in [0.15, 0.2) is 0 Å². The molecule has 1 N–H and O–H groups in total. The summed E-state index contributed by atoms with van der Waals surface area (Å²) < 4.78 is 11.3. The Balaban J connectivity index is 1.59. The Morgan fingerprint density at radius 3 is 3.31 bits per heavy atom. The molecule has 8 heteroatoms. The fourth-order valence-corrected chi connectivity index (χ4v) is 4.89. The second-order valence-corrected chi connectivity index (χ2v) is 7.86. The van der Waals surface area contributed by atoms with Crippen molar-refractivity contribution in [1.29, 1.82) is 0 Å². The van der Waals surface area contributed by atoms with Gasteiger partial charge in [0.2, 0.25) is 5.91 Å². The zero-order valence-corrected chi connectivity index (χ0v) is 15.8. The summed E-state index contributed by atoms with van der Waals surface area (Å²) in [7, 11) is 1.54. The van der Waals surface area contributed by atoms with Gasteiger partial charge in [-0.05, 0) is 24.3 Å². The highest BCUT2D eigenvalue weighted by molar-refractivity contribution is 7.16. The highest BCUT2D eigenvalue weighted by atomic mass is 32.1. The van der Waals surface area contributed by atoms with E-state index in [1.54, 1.807) is 17.7 Å². The molecular weight excluding hydrogens is 352 g/mol. The Morgan fingerprint density at radius 2 is 2.42 bits per heavy atom. The third-order valence-electron chi connectivity index (χ3n) is 5.34. The number of nitrogens with one attached hydrogen (secondary N) is 1. The van der Waals surface area contributed by atoms with Crippen molar-refractivity contribution < 1.29 is 14.3 Å². The van der Waals surface area contributed by atoms with Crippen molar-refractivity contribution in [1.82, 2.24) is 15.3 Å². The molecule has 140 valence electrons. The lowest BCUT2D eigenvalue weighted by Crippen LogP contribution is -2.64. The standard InChI is InChI=1S/C18H24N4O3S/c1-24-10-15(23)21-14-4-2-3-6-18(14)11-22(7-8-25-18)16-13-5-9-26-17(13)20-12-19-16/h5,9,12,14H,2-4,6-8,10-11H2,1H3,(H,21,23)/t14-,18+/m0/s1. The third-order valence-corrected chi connectivity index (χ3v) is 6.16. The van der Waals surface area contributed by atoms with E-state index in [-0.39, 0.29) is 24.2 Å². The molecule has 0 bridgehead atoms. The minimum atomic E-state index is -0.368. The number of carbonyl (C=O) groups excluding carboxylic acids is 1. The average molecular weight is 376 g/mol. The number of ether oxygens (including phenoxy) is 2. The number of nitrogens with zero attached hydrogens (tertiary/aromatic N) is 3. The normalized spacial score (nSPS) is 26.3. The first-order chi connectivity index (χ1) is 12.7. The van der Waals surface area contributed by atoms with E-state index in [4.69, 9.17) is 9.47 Å². The molecule has 1 saturated carbocycles. The van der Waals surface area contributed by atoms with Crippen LogP contribution in [0.15, 0.2) is 17.8 Å². The van der Waals surface area contributed by atoms with Crippen molar-refractivity contribution in [2.45, 2.75) is 37.3 Å². The van der Waals surface area contributed by atoms with Crippen molar-refractivity contribution >= 4 is 33.3 Å². The summed E-state index contributed by atoms with van der Waals surface area (Å²) in [6.45, 7) is 2.24. The first kappa shape index (κ1) is 17.6. The first-order valence-electron chi connectivity index (χ1n) is 9.07. The third kappa shape index (κ3) is 3.28. The number of hydrogen-bond donors (Lipinski definition) is 1. The monoisotopic (exact) mass is 376 g/mol. The smallest absolute Gasteiger partial charge is 0.246 e. The summed E-state index contributed by atoms with van der Waals surface area (Å²) in [5.74, 6) is 0.883. The van der Waals surface area contributed by atoms with Crippen LogP contribution in [-0.2, 0) is 14.3 Å². The fraction of sp³-hybridized carbons (Fsp3) is 0.611. The van der Waals surface area contributed by atoms with Gasteiger partial charge < -0.3 is 19.7 Å². The lowest BCUT2D eigenvalue weighted by Gasteiger charge is -2.50. The minimum Gasteiger partial charge on any atom is -0.375 e. The number of carbonyl (C=O) groups is 1. The van der Waals surface area contributed by atoms with Crippen LogP contribution in [-0.4, -0.2) is 60.9 Å². The zero-order valence-electron chi connectivity index (χ0n) is 14.9. The largest absolute Gasteiger partial charge is 0.375 e. The summed E-state index contributed by atoms with van der Waals surface area (Å²) >= 11 is 1.63. The maximum Gasteiger partial charge on any atom is 0.246 e. The van der Waals surface area contributed by atoms with Crippen LogP contribution in [0.25, 0.3) is 10.2 Å². The second kappa shape index (κ2) is 7.46. The maximum absolute atomic E-state index is 12.1. The molecule has 7 nitrogen and oxygen atoms in total. The van der Waals surface area contributed by atoms with Gasteiger partial charge >= 0.3 is 0 Å². The molecule has 1 amide bonds. The lowest BCUT2D eigenvalue weighted by atomic mass is 9.78. The molecule has 2 aliphatic rings. The minimum absolute atomic E-state index is 0.00139. The van der Waals surface area contributed by atoms with Crippen molar-refractivity contribution in [3.05, 3.63) is 17.8 Å². The number of anilines is 1. The van der Waals surface area contributed by atoms with E-state index in [0.717, 1.165) is 54.8 Å². The molecule has 26 heavy (non-hydrogen) atoms. The molecule has 0 aromatic carbocycles. The molecule has 2 aromatic rings. The van der Waals surface area contributed by atoms with Crippen molar-refractivity contribution in [3.8, 4) is 0 Å². The van der Waals surface area contributed by atoms with Gasteiger partial charge in [0.1, 0.15) is 29.2 Å². The summed E-state index contributed by atoms with van der Waals surface area (Å²) in [4.78, 5) is 24.3. The Kier molecular flexibility index (Phi) is 5.06. The van der Waals surface area contributed by atoms with Crippen LogP contribution in [0, 0.1) is 0 Å². The summed E-state index contributed by atoms with van der Waals surface area (Å²) in [6, 6.07) is 2.08. The lowest BCUT2D eigenvalue weighted by molar-refractivity contribution is -0.134. The number of rotatable bonds is 4. The quantitative estimate of drug-likeness (QED) is 0.879. The summed E-state index contributed by atoms with van der Waals surface area (Å²) in [6.07, 6.45) is 5.72. The second-order valence-electron chi connectivity index (χ2n) is 6.97.